The Morgan fingerprint density at radius 1 is 0.917 bits per heavy atom. The molecule has 0 spiro atoms. The maximum absolute atomic E-state index is 12.7. The molecule has 2 saturated heterocycles. The predicted octanol–water partition coefficient (Wildman–Crippen LogP) is 5.48. The zero-order valence-electron chi connectivity index (χ0n) is 21.9. The van der Waals surface area contributed by atoms with Gasteiger partial charge in [0, 0.05) is 17.6 Å². The second-order valence-electron chi connectivity index (χ2n) is 11.4. The molecule has 4 heterocycles. The van der Waals surface area contributed by atoms with Gasteiger partial charge in [-0.2, -0.15) is 10.2 Å². The molecule has 0 N–H and O–H groups in total. The molecular formula is C28H38N4O4. The first kappa shape index (κ1) is 24.9. The van der Waals surface area contributed by atoms with Gasteiger partial charge >= 0.3 is 6.09 Å². The smallest absolute Gasteiger partial charge is 0.410 e. The van der Waals surface area contributed by atoms with Gasteiger partial charge in [-0.1, -0.05) is 0 Å². The number of hydrogen-bond donors (Lipinski definition) is 0. The quantitative estimate of drug-likeness (QED) is 0.544. The van der Waals surface area contributed by atoms with Crippen molar-refractivity contribution in [2.24, 2.45) is 0 Å². The van der Waals surface area contributed by atoms with Gasteiger partial charge in [-0.05, 0) is 97.3 Å². The Morgan fingerprint density at radius 3 is 2.22 bits per heavy atom. The fraction of sp³-hybridized carbons (Fsp3) is 0.643. The maximum Gasteiger partial charge on any atom is 0.410 e. The summed E-state index contributed by atoms with van der Waals surface area (Å²) in [4.78, 5) is 19.4. The SMILES string of the molecule is Cc1nc(-c2ccnnc2)ccc1OC1CCC(OC2CC3CCC(C2)N3C(=O)OC(C)(C)C)CC1. The Morgan fingerprint density at radius 2 is 1.61 bits per heavy atom. The zero-order valence-corrected chi connectivity index (χ0v) is 21.9. The number of carbonyl (C=O) groups is 1. The van der Waals surface area contributed by atoms with Crippen LogP contribution in [0.5, 0.6) is 5.75 Å². The van der Waals surface area contributed by atoms with Crippen molar-refractivity contribution in [3.05, 3.63) is 36.3 Å². The van der Waals surface area contributed by atoms with Crippen molar-refractivity contribution in [2.45, 2.75) is 115 Å². The Balaban J connectivity index is 1.09. The molecule has 5 rings (SSSR count). The molecule has 1 saturated carbocycles. The van der Waals surface area contributed by atoms with Crippen LogP contribution in [0, 0.1) is 6.92 Å². The van der Waals surface area contributed by atoms with Gasteiger partial charge in [0.05, 0.1) is 42.1 Å². The van der Waals surface area contributed by atoms with Gasteiger partial charge in [0.2, 0.25) is 0 Å². The van der Waals surface area contributed by atoms with E-state index in [1.807, 2.05) is 50.8 Å². The highest BCUT2D eigenvalue weighted by Gasteiger charge is 2.45. The number of ether oxygens (including phenoxy) is 3. The topological polar surface area (TPSA) is 86.7 Å². The van der Waals surface area contributed by atoms with Crippen molar-refractivity contribution in [2.75, 3.05) is 0 Å². The third-order valence-electron chi connectivity index (χ3n) is 7.51. The van der Waals surface area contributed by atoms with E-state index in [0.29, 0.717) is 0 Å². The van der Waals surface area contributed by atoms with E-state index >= 15 is 0 Å². The van der Waals surface area contributed by atoms with E-state index in [1.165, 1.54) is 0 Å². The van der Waals surface area contributed by atoms with Gasteiger partial charge in [-0.15, -0.1) is 0 Å². The highest BCUT2D eigenvalue weighted by molar-refractivity contribution is 5.69. The number of aromatic nitrogens is 3. The number of pyridine rings is 1. The summed E-state index contributed by atoms with van der Waals surface area (Å²) in [6.07, 6.45) is 11.8. The average Bonchev–Trinajstić information content (AvgIpc) is 3.12. The fourth-order valence-electron chi connectivity index (χ4n) is 5.86. The summed E-state index contributed by atoms with van der Waals surface area (Å²) in [5, 5.41) is 7.77. The van der Waals surface area contributed by atoms with Crippen LogP contribution < -0.4 is 4.74 Å². The van der Waals surface area contributed by atoms with Crippen LogP contribution in [-0.2, 0) is 9.47 Å². The Kier molecular flexibility index (Phi) is 7.15. The van der Waals surface area contributed by atoms with Crippen LogP contribution in [0.2, 0.25) is 0 Å². The average molecular weight is 495 g/mol. The molecule has 3 aliphatic rings. The second-order valence-corrected chi connectivity index (χ2v) is 11.4. The molecule has 3 fully saturated rings. The molecule has 36 heavy (non-hydrogen) atoms. The van der Waals surface area contributed by atoms with E-state index in [1.54, 1.807) is 12.4 Å². The normalized spacial score (nSPS) is 28.1. The lowest BCUT2D eigenvalue weighted by atomic mass is 9.93. The number of aryl methyl sites for hydroxylation is 1. The number of hydrogen-bond acceptors (Lipinski definition) is 7. The standard InChI is InChI=1S/C28H38N4O4/c1-18-26(12-11-25(31-18)19-13-14-29-30-17-19)35-23-9-7-22(8-10-23)34-24-15-20-5-6-21(16-24)32(20)27(33)36-28(2,3)4/h11-14,17,20-24H,5-10,15-16H2,1-4H3. The highest BCUT2D eigenvalue weighted by Crippen LogP contribution is 2.39. The summed E-state index contributed by atoms with van der Waals surface area (Å²) in [6.45, 7) is 7.77. The van der Waals surface area contributed by atoms with E-state index in [4.69, 9.17) is 19.2 Å². The van der Waals surface area contributed by atoms with E-state index in [0.717, 1.165) is 74.1 Å². The van der Waals surface area contributed by atoms with Gasteiger partial charge in [0.1, 0.15) is 11.4 Å². The van der Waals surface area contributed by atoms with E-state index < -0.39 is 5.60 Å². The summed E-state index contributed by atoms with van der Waals surface area (Å²) >= 11 is 0. The largest absolute Gasteiger partial charge is 0.489 e. The molecule has 0 radical (unpaired) electrons. The van der Waals surface area contributed by atoms with Crippen molar-refractivity contribution in [3.8, 4) is 17.0 Å². The molecule has 8 heteroatoms. The summed E-state index contributed by atoms with van der Waals surface area (Å²) in [5.41, 5.74) is 2.24. The van der Waals surface area contributed by atoms with Crippen LogP contribution in [0.3, 0.4) is 0 Å². The van der Waals surface area contributed by atoms with Crippen LogP contribution in [0.15, 0.2) is 30.6 Å². The minimum Gasteiger partial charge on any atom is -0.489 e. The summed E-state index contributed by atoms with van der Waals surface area (Å²) in [7, 11) is 0. The van der Waals surface area contributed by atoms with E-state index in [9.17, 15) is 4.79 Å². The summed E-state index contributed by atoms with van der Waals surface area (Å²) < 4.78 is 18.6. The third kappa shape index (κ3) is 5.80. The first-order chi connectivity index (χ1) is 17.2. The third-order valence-corrected chi connectivity index (χ3v) is 7.51. The highest BCUT2D eigenvalue weighted by atomic mass is 16.6. The molecule has 0 aromatic carbocycles. The minimum absolute atomic E-state index is 0.165. The molecular weight excluding hydrogens is 456 g/mol. The monoisotopic (exact) mass is 494 g/mol. The van der Waals surface area contributed by atoms with Gasteiger partial charge in [-0.25, -0.2) is 9.78 Å². The lowest BCUT2D eigenvalue weighted by molar-refractivity contribution is -0.0813. The summed E-state index contributed by atoms with van der Waals surface area (Å²) in [5.74, 6) is 0.844. The van der Waals surface area contributed by atoms with Crippen LogP contribution >= 0.6 is 0 Å². The van der Waals surface area contributed by atoms with E-state index in [-0.39, 0.29) is 36.5 Å². The lowest BCUT2D eigenvalue weighted by Gasteiger charge is -2.41. The lowest BCUT2D eigenvalue weighted by Crippen LogP contribution is -2.50. The zero-order chi connectivity index (χ0) is 25.3. The van der Waals surface area contributed by atoms with Gasteiger partial charge in [-0.3, -0.25) is 0 Å². The molecule has 1 aliphatic carbocycles. The van der Waals surface area contributed by atoms with Crippen molar-refractivity contribution in [1.29, 1.82) is 0 Å². The first-order valence-corrected chi connectivity index (χ1v) is 13.3. The molecule has 2 bridgehead atoms. The minimum atomic E-state index is -0.460. The molecule has 2 unspecified atom stereocenters. The number of carbonyl (C=O) groups excluding carboxylic acids is 1. The molecule has 194 valence electrons. The fourth-order valence-corrected chi connectivity index (χ4v) is 5.86. The Labute approximate surface area is 213 Å². The maximum atomic E-state index is 12.7. The summed E-state index contributed by atoms with van der Waals surface area (Å²) in [6, 6.07) is 6.37. The number of nitrogens with zero attached hydrogens (tertiary/aromatic N) is 4. The van der Waals surface area contributed by atoms with E-state index in [2.05, 4.69) is 10.2 Å². The van der Waals surface area contributed by atoms with Crippen molar-refractivity contribution in [1.82, 2.24) is 20.1 Å². The second kappa shape index (κ2) is 10.3. The van der Waals surface area contributed by atoms with Crippen LogP contribution in [0.1, 0.15) is 77.8 Å². The van der Waals surface area contributed by atoms with Crippen LogP contribution in [0.4, 0.5) is 4.79 Å². The van der Waals surface area contributed by atoms with Crippen molar-refractivity contribution >= 4 is 6.09 Å². The predicted molar refractivity (Wildman–Crippen MR) is 136 cm³/mol. The first-order valence-electron chi connectivity index (χ1n) is 13.3. The van der Waals surface area contributed by atoms with Gasteiger partial charge in [0.25, 0.3) is 0 Å². The van der Waals surface area contributed by atoms with Crippen molar-refractivity contribution < 1.29 is 19.0 Å². The van der Waals surface area contributed by atoms with Crippen LogP contribution in [-0.4, -0.2) is 62.2 Å². The van der Waals surface area contributed by atoms with Crippen molar-refractivity contribution in [3.63, 3.8) is 0 Å². The molecule has 1 amide bonds. The Bertz CT molecular complexity index is 1040. The van der Waals surface area contributed by atoms with Gasteiger partial charge in [0.15, 0.2) is 0 Å². The molecule has 2 aromatic heterocycles. The molecule has 2 aliphatic heterocycles. The molecule has 8 nitrogen and oxygen atoms in total. The number of fused-ring (bicyclic) bond motifs is 2. The number of amides is 1. The van der Waals surface area contributed by atoms with Gasteiger partial charge < -0.3 is 19.1 Å². The van der Waals surface area contributed by atoms with Crippen LogP contribution in [0.25, 0.3) is 11.3 Å². The molecule has 2 aromatic rings. The Hall–Kier alpha value is -2.74. The number of rotatable bonds is 5. The molecule has 2 atom stereocenters. The number of piperidine rings is 1.